The number of hydrogen-bond donors (Lipinski definition) is 3. The molecule has 140 valence electrons. The molecule has 3 rings (SSSR count). The molecule has 0 bridgehead atoms. The quantitative estimate of drug-likeness (QED) is 0.735. The van der Waals surface area contributed by atoms with Crippen molar-refractivity contribution in [3.8, 4) is 0 Å². The first-order chi connectivity index (χ1) is 13.0. The van der Waals surface area contributed by atoms with Gasteiger partial charge in [0.05, 0.1) is 17.2 Å². The van der Waals surface area contributed by atoms with E-state index in [1.54, 1.807) is 24.3 Å². The number of carbonyl (C=O) groups is 3. The van der Waals surface area contributed by atoms with Crippen LogP contribution in [0.25, 0.3) is 0 Å². The Morgan fingerprint density at radius 1 is 1.22 bits per heavy atom. The van der Waals surface area contributed by atoms with Gasteiger partial charge in [0.2, 0.25) is 11.8 Å². The third-order valence-corrected chi connectivity index (χ3v) is 4.57. The lowest BCUT2D eigenvalue weighted by atomic mass is 9.89. The second-order valence-corrected chi connectivity index (χ2v) is 6.76. The fraction of sp³-hybridized carbons (Fsp3) is 0.250. The summed E-state index contributed by atoms with van der Waals surface area (Å²) in [4.78, 5) is 37.2. The van der Waals surface area contributed by atoms with Crippen molar-refractivity contribution in [2.24, 2.45) is 0 Å². The van der Waals surface area contributed by atoms with Crippen LogP contribution in [0.3, 0.4) is 0 Å². The van der Waals surface area contributed by atoms with Crippen LogP contribution in [0.4, 0.5) is 11.4 Å². The average Bonchev–Trinajstić information content (AvgIpc) is 2.65. The normalized spacial score (nSPS) is 15.5. The highest BCUT2D eigenvalue weighted by Gasteiger charge is 2.31. The Kier molecular flexibility index (Phi) is 5.76. The van der Waals surface area contributed by atoms with E-state index in [1.165, 1.54) is 6.07 Å². The molecule has 0 spiro atoms. The summed E-state index contributed by atoms with van der Waals surface area (Å²) in [6, 6.07) is 11.9. The van der Waals surface area contributed by atoms with Gasteiger partial charge in [0.25, 0.3) is 5.91 Å². The Morgan fingerprint density at radius 3 is 2.78 bits per heavy atom. The number of nitrogens with one attached hydrogen (secondary N) is 3. The average molecular weight is 386 g/mol. The SMILES string of the molecule is CCCNC(=O)c1ccc(Cl)cc1NC(=O)C1CC(=O)Nc2ccccc21. The van der Waals surface area contributed by atoms with E-state index in [9.17, 15) is 14.4 Å². The van der Waals surface area contributed by atoms with Gasteiger partial charge in [-0.25, -0.2) is 0 Å². The summed E-state index contributed by atoms with van der Waals surface area (Å²) in [6.45, 7) is 2.49. The number of fused-ring (bicyclic) bond motifs is 1. The van der Waals surface area contributed by atoms with Crippen molar-refractivity contribution < 1.29 is 14.4 Å². The van der Waals surface area contributed by atoms with Crippen molar-refractivity contribution in [3.05, 3.63) is 58.6 Å². The minimum absolute atomic E-state index is 0.0424. The summed E-state index contributed by atoms with van der Waals surface area (Å²) in [6.07, 6.45) is 0.843. The maximum absolute atomic E-state index is 12.9. The molecule has 1 atom stereocenters. The van der Waals surface area contributed by atoms with Gasteiger partial charge in [-0.2, -0.15) is 0 Å². The first-order valence-corrected chi connectivity index (χ1v) is 9.14. The van der Waals surface area contributed by atoms with Crippen molar-refractivity contribution >= 4 is 40.7 Å². The van der Waals surface area contributed by atoms with Gasteiger partial charge in [0, 0.05) is 23.7 Å². The van der Waals surface area contributed by atoms with Crippen LogP contribution in [0.2, 0.25) is 5.02 Å². The molecule has 3 N–H and O–H groups in total. The third kappa shape index (κ3) is 4.28. The molecule has 0 aliphatic carbocycles. The largest absolute Gasteiger partial charge is 0.352 e. The minimum atomic E-state index is -0.638. The molecule has 0 radical (unpaired) electrons. The van der Waals surface area contributed by atoms with E-state index in [4.69, 9.17) is 11.6 Å². The van der Waals surface area contributed by atoms with E-state index in [1.807, 2.05) is 19.1 Å². The van der Waals surface area contributed by atoms with Crippen LogP contribution in [0.5, 0.6) is 0 Å². The third-order valence-electron chi connectivity index (χ3n) is 4.34. The van der Waals surface area contributed by atoms with Crippen LogP contribution in [-0.4, -0.2) is 24.3 Å². The number of amides is 3. The molecular formula is C20H20ClN3O3. The summed E-state index contributed by atoms with van der Waals surface area (Å²) in [5.74, 6) is -1.50. The molecule has 1 aliphatic heterocycles. The standard InChI is InChI=1S/C20H20ClN3O3/c1-2-9-22-19(26)14-8-7-12(21)10-17(14)24-20(27)15-11-18(25)23-16-6-4-3-5-13(15)16/h3-8,10,15H,2,9,11H2,1H3,(H,22,26)(H,23,25)(H,24,27). The van der Waals surface area contributed by atoms with Gasteiger partial charge in [-0.3, -0.25) is 14.4 Å². The van der Waals surface area contributed by atoms with E-state index >= 15 is 0 Å². The van der Waals surface area contributed by atoms with Gasteiger partial charge >= 0.3 is 0 Å². The number of para-hydroxylation sites is 1. The summed E-state index contributed by atoms with van der Waals surface area (Å²) in [5, 5.41) is 8.73. The minimum Gasteiger partial charge on any atom is -0.352 e. The van der Waals surface area contributed by atoms with E-state index in [2.05, 4.69) is 16.0 Å². The summed E-state index contributed by atoms with van der Waals surface area (Å²) in [5.41, 5.74) is 2.02. The molecule has 1 aliphatic rings. The lowest BCUT2D eigenvalue weighted by molar-refractivity contribution is -0.123. The van der Waals surface area contributed by atoms with Crippen molar-refractivity contribution in [3.63, 3.8) is 0 Å². The van der Waals surface area contributed by atoms with Gasteiger partial charge in [-0.05, 0) is 36.2 Å². The molecule has 7 heteroatoms. The number of hydrogen-bond acceptors (Lipinski definition) is 3. The molecule has 27 heavy (non-hydrogen) atoms. The van der Waals surface area contributed by atoms with Crippen molar-refractivity contribution in [1.82, 2.24) is 5.32 Å². The van der Waals surface area contributed by atoms with E-state index in [0.29, 0.717) is 28.5 Å². The van der Waals surface area contributed by atoms with Gasteiger partial charge in [-0.15, -0.1) is 0 Å². The van der Waals surface area contributed by atoms with Crippen LogP contribution >= 0.6 is 11.6 Å². The second kappa shape index (κ2) is 8.22. The van der Waals surface area contributed by atoms with Gasteiger partial charge in [-0.1, -0.05) is 36.7 Å². The molecule has 0 aromatic heterocycles. The monoisotopic (exact) mass is 385 g/mol. The Balaban J connectivity index is 1.87. The van der Waals surface area contributed by atoms with E-state index in [-0.39, 0.29) is 24.1 Å². The highest BCUT2D eigenvalue weighted by molar-refractivity contribution is 6.31. The first-order valence-electron chi connectivity index (χ1n) is 8.77. The fourth-order valence-electron chi connectivity index (χ4n) is 3.02. The van der Waals surface area contributed by atoms with Crippen LogP contribution in [-0.2, 0) is 9.59 Å². The molecule has 0 saturated heterocycles. The number of rotatable bonds is 5. The topological polar surface area (TPSA) is 87.3 Å². The molecule has 3 amide bonds. The van der Waals surface area contributed by atoms with Gasteiger partial charge in [0.15, 0.2) is 0 Å². The van der Waals surface area contributed by atoms with E-state index < -0.39 is 5.92 Å². The molecular weight excluding hydrogens is 366 g/mol. The summed E-state index contributed by atoms with van der Waals surface area (Å²) in [7, 11) is 0. The summed E-state index contributed by atoms with van der Waals surface area (Å²) >= 11 is 6.05. The smallest absolute Gasteiger partial charge is 0.253 e. The predicted octanol–water partition coefficient (Wildman–Crippen LogP) is 3.54. The highest BCUT2D eigenvalue weighted by Crippen LogP contribution is 2.33. The molecule has 0 saturated carbocycles. The Hall–Kier alpha value is -2.86. The second-order valence-electron chi connectivity index (χ2n) is 6.33. The molecule has 2 aromatic rings. The zero-order chi connectivity index (χ0) is 19.4. The lowest BCUT2D eigenvalue weighted by Crippen LogP contribution is -2.31. The lowest BCUT2D eigenvalue weighted by Gasteiger charge is -2.25. The van der Waals surface area contributed by atoms with Crippen LogP contribution in [0.15, 0.2) is 42.5 Å². The molecule has 1 unspecified atom stereocenters. The molecule has 0 fully saturated rings. The van der Waals surface area contributed by atoms with Crippen molar-refractivity contribution in [2.45, 2.75) is 25.7 Å². The molecule has 6 nitrogen and oxygen atoms in total. The zero-order valence-electron chi connectivity index (χ0n) is 14.8. The maximum Gasteiger partial charge on any atom is 0.253 e. The number of carbonyl (C=O) groups excluding carboxylic acids is 3. The highest BCUT2D eigenvalue weighted by atomic mass is 35.5. The van der Waals surface area contributed by atoms with Gasteiger partial charge < -0.3 is 16.0 Å². The van der Waals surface area contributed by atoms with E-state index in [0.717, 1.165) is 12.0 Å². The number of benzene rings is 2. The van der Waals surface area contributed by atoms with Crippen molar-refractivity contribution in [1.29, 1.82) is 0 Å². The number of anilines is 2. The maximum atomic E-state index is 12.9. The van der Waals surface area contributed by atoms with Crippen molar-refractivity contribution in [2.75, 3.05) is 17.2 Å². The number of halogens is 1. The molecule has 2 aromatic carbocycles. The predicted molar refractivity (Wildman–Crippen MR) is 105 cm³/mol. The van der Waals surface area contributed by atoms with Gasteiger partial charge in [0.1, 0.15) is 0 Å². The Labute approximate surface area is 162 Å². The van der Waals surface area contributed by atoms with Crippen LogP contribution < -0.4 is 16.0 Å². The zero-order valence-corrected chi connectivity index (χ0v) is 15.6. The fourth-order valence-corrected chi connectivity index (χ4v) is 3.19. The van der Waals surface area contributed by atoms with Crippen LogP contribution in [0.1, 0.15) is 41.6 Å². The Morgan fingerprint density at radius 2 is 2.00 bits per heavy atom. The van der Waals surface area contributed by atoms with Crippen LogP contribution in [0, 0.1) is 0 Å². The molecule has 1 heterocycles. The Bertz CT molecular complexity index is 898. The summed E-state index contributed by atoms with van der Waals surface area (Å²) < 4.78 is 0. The first kappa shape index (κ1) is 18.9.